The normalized spacial score (nSPS) is 21.6. The molecule has 0 aromatic heterocycles. The van der Waals surface area contributed by atoms with E-state index < -0.39 is 0 Å². The van der Waals surface area contributed by atoms with Gasteiger partial charge in [-0.2, -0.15) is 0 Å². The molecule has 1 aliphatic heterocycles. The van der Waals surface area contributed by atoms with Crippen LogP contribution in [0.3, 0.4) is 0 Å². The van der Waals surface area contributed by atoms with Gasteiger partial charge in [-0.05, 0) is 42.4 Å². The van der Waals surface area contributed by atoms with Crippen molar-refractivity contribution in [3.63, 3.8) is 0 Å². The molecule has 1 atom stereocenters. The van der Waals surface area contributed by atoms with Gasteiger partial charge in [0.05, 0.1) is 0 Å². The Morgan fingerprint density at radius 1 is 1.26 bits per heavy atom. The summed E-state index contributed by atoms with van der Waals surface area (Å²) in [6.07, 6.45) is 6.63. The second-order valence-electron chi connectivity index (χ2n) is 5.91. The van der Waals surface area contributed by atoms with E-state index in [-0.39, 0.29) is 11.9 Å². The number of carbonyl (C=O) groups excluding carboxylic acids is 1. The summed E-state index contributed by atoms with van der Waals surface area (Å²) in [6.45, 7) is 0. The number of carbonyl (C=O) groups is 1. The zero-order valence-electron chi connectivity index (χ0n) is 11.6. The number of nitrogens with two attached hydrogens (primary N) is 1. The van der Waals surface area contributed by atoms with Gasteiger partial charge in [-0.25, -0.2) is 0 Å². The molecule has 1 saturated carbocycles. The van der Waals surface area contributed by atoms with Gasteiger partial charge >= 0.3 is 0 Å². The summed E-state index contributed by atoms with van der Waals surface area (Å²) in [5.41, 5.74) is 9.98. The maximum Gasteiger partial charge on any atom is 0.227 e. The van der Waals surface area contributed by atoms with Gasteiger partial charge in [0.25, 0.3) is 0 Å². The quantitative estimate of drug-likeness (QED) is 0.886. The summed E-state index contributed by atoms with van der Waals surface area (Å²) in [7, 11) is 1.86. The van der Waals surface area contributed by atoms with E-state index in [0.717, 1.165) is 12.1 Å². The fourth-order valence-corrected chi connectivity index (χ4v) is 3.47. The monoisotopic (exact) mass is 258 g/mol. The second-order valence-corrected chi connectivity index (χ2v) is 5.91. The van der Waals surface area contributed by atoms with Gasteiger partial charge in [-0.3, -0.25) is 4.79 Å². The topological polar surface area (TPSA) is 46.3 Å². The molecule has 1 aliphatic carbocycles. The Labute approximate surface area is 114 Å². The summed E-state index contributed by atoms with van der Waals surface area (Å²) >= 11 is 0. The molecule has 1 aromatic rings. The number of amides is 1. The Bertz CT molecular complexity index is 492. The molecule has 0 spiro atoms. The van der Waals surface area contributed by atoms with Crippen LogP contribution in [0.25, 0.3) is 0 Å². The molecule has 3 rings (SSSR count). The first kappa shape index (κ1) is 12.7. The second kappa shape index (κ2) is 4.97. The molecular formula is C16H22N2O. The van der Waals surface area contributed by atoms with Crippen molar-refractivity contribution in [1.29, 1.82) is 0 Å². The largest absolute Gasteiger partial charge is 0.324 e. The van der Waals surface area contributed by atoms with Crippen molar-refractivity contribution in [2.45, 2.75) is 44.6 Å². The SMILES string of the molecule is CN1C(=O)CCc2cc(C(N)C3CCCC3)ccc21. The van der Waals surface area contributed by atoms with Gasteiger partial charge in [0.15, 0.2) is 0 Å². The van der Waals surface area contributed by atoms with E-state index in [2.05, 4.69) is 18.2 Å². The molecule has 1 amide bonds. The van der Waals surface area contributed by atoms with Crippen LogP contribution in [0.1, 0.15) is 49.3 Å². The van der Waals surface area contributed by atoms with Gasteiger partial charge < -0.3 is 10.6 Å². The first-order valence-corrected chi connectivity index (χ1v) is 7.32. The molecule has 0 radical (unpaired) electrons. The van der Waals surface area contributed by atoms with E-state index in [4.69, 9.17) is 5.73 Å². The Kier molecular flexibility index (Phi) is 3.31. The first-order chi connectivity index (χ1) is 9.16. The highest BCUT2D eigenvalue weighted by atomic mass is 16.2. The van der Waals surface area contributed by atoms with Crippen LogP contribution >= 0.6 is 0 Å². The summed E-state index contributed by atoms with van der Waals surface area (Å²) in [6, 6.07) is 6.56. The third-order valence-corrected chi connectivity index (χ3v) is 4.74. The van der Waals surface area contributed by atoms with Crippen LogP contribution in [-0.2, 0) is 11.2 Å². The zero-order chi connectivity index (χ0) is 13.4. The predicted octanol–water partition coefficient (Wildman–Crippen LogP) is 2.79. The Morgan fingerprint density at radius 3 is 2.74 bits per heavy atom. The van der Waals surface area contributed by atoms with Crippen molar-refractivity contribution in [2.75, 3.05) is 11.9 Å². The van der Waals surface area contributed by atoms with Crippen molar-refractivity contribution >= 4 is 11.6 Å². The van der Waals surface area contributed by atoms with Gasteiger partial charge in [-0.15, -0.1) is 0 Å². The van der Waals surface area contributed by atoms with Crippen molar-refractivity contribution in [3.05, 3.63) is 29.3 Å². The minimum atomic E-state index is 0.163. The highest BCUT2D eigenvalue weighted by Gasteiger charge is 2.26. The predicted molar refractivity (Wildman–Crippen MR) is 77.1 cm³/mol. The van der Waals surface area contributed by atoms with Crippen LogP contribution in [0.2, 0.25) is 0 Å². The molecule has 1 heterocycles. The van der Waals surface area contributed by atoms with Crippen molar-refractivity contribution in [2.24, 2.45) is 11.7 Å². The lowest BCUT2D eigenvalue weighted by molar-refractivity contribution is -0.118. The molecule has 0 saturated heterocycles. The van der Waals surface area contributed by atoms with E-state index in [0.29, 0.717) is 12.3 Å². The molecule has 2 aliphatic rings. The van der Waals surface area contributed by atoms with Gasteiger partial charge in [0.2, 0.25) is 5.91 Å². The molecule has 3 nitrogen and oxygen atoms in total. The number of hydrogen-bond acceptors (Lipinski definition) is 2. The molecule has 19 heavy (non-hydrogen) atoms. The number of rotatable bonds is 2. The van der Waals surface area contributed by atoms with Crippen LogP contribution in [0.5, 0.6) is 0 Å². The summed E-state index contributed by atoms with van der Waals surface area (Å²) in [5.74, 6) is 0.848. The number of hydrogen-bond donors (Lipinski definition) is 1. The number of aryl methyl sites for hydroxylation is 1. The summed E-state index contributed by atoms with van der Waals surface area (Å²) in [5, 5.41) is 0. The lowest BCUT2D eigenvalue weighted by Gasteiger charge is -2.27. The average Bonchev–Trinajstić information content (AvgIpc) is 2.96. The van der Waals surface area contributed by atoms with E-state index in [1.165, 1.54) is 36.8 Å². The summed E-state index contributed by atoms with van der Waals surface area (Å²) < 4.78 is 0. The van der Waals surface area contributed by atoms with Crippen LogP contribution in [0.15, 0.2) is 18.2 Å². The molecule has 3 heteroatoms. The zero-order valence-corrected chi connectivity index (χ0v) is 11.6. The van der Waals surface area contributed by atoms with E-state index in [9.17, 15) is 4.79 Å². The van der Waals surface area contributed by atoms with Crippen LogP contribution in [0.4, 0.5) is 5.69 Å². The molecule has 1 aromatic carbocycles. The summed E-state index contributed by atoms with van der Waals surface area (Å²) in [4.78, 5) is 13.5. The average molecular weight is 258 g/mol. The van der Waals surface area contributed by atoms with E-state index >= 15 is 0 Å². The van der Waals surface area contributed by atoms with Crippen molar-refractivity contribution < 1.29 is 4.79 Å². The van der Waals surface area contributed by atoms with Gasteiger partial charge in [-0.1, -0.05) is 25.0 Å². The van der Waals surface area contributed by atoms with Crippen molar-refractivity contribution in [3.8, 4) is 0 Å². The third-order valence-electron chi connectivity index (χ3n) is 4.74. The number of anilines is 1. The fourth-order valence-electron chi connectivity index (χ4n) is 3.47. The smallest absolute Gasteiger partial charge is 0.227 e. The van der Waals surface area contributed by atoms with Gasteiger partial charge in [0.1, 0.15) is 0 Å². The first-order valence-electron chi connectivity index (χ1n) is 7.32. The Hall–Kier alpha value is -1.35. The fraction of sp³-hybridized carbons (Fsp3) is 0.562. The minimum absolute atomic E-state index is 0.163. The molecule has 1 fully saturated rings. The number of benzene rings is 1. The highest BCUT2D eigenvalue weighted by Crippen LogP contribution is 2.36. The molecular weight excluding hydrogens is 236 g/mol. The lowest BCUT2D eigenvalue weighted by Crippen LogP contribution is -2.31. The Balaban J connectivity index is 1.87. The van der Waals surface area contributed by atoms with Crippen LogP contribution < -0.4 is 10.6 Å². The molecule has 2 N–H and O–H groups in total. The standard InChI is InChI=1S/C16H22N2O/c1-18-14-8-6-13(10-12(14)7-9-15(18)19)16(17)11-4-2-3-5-11/h6,8,10-11,16H,2-5,7,9,17H2,1H3. The van der Waals surface area contributed by atoms with Crippen molar-refractivity contribution in [1.82, 2.24) is 0 Å². The number of nitrogens with zero attached hydrogens (tertiary/aromatic N) is 1. The Morgan fingerprint density at radius 2 is 2.00 bits per heavy atom. The molecule has 102 valence electrons. The van der Waals surface area contributed by atoms with Crippen LogP contribution in [0, 0.1) is 5.92 Å². The minimum Gasteiger partial charge on any atom is -0.324 e. The maximum absolute atomic E-state index is 11.7. The third kappa shape index (κ3) is 2.27. The molecule has 1 unspecified atom stereocenters. The van der Waals surface area contributed by atoms with E-state index in [1.807, 2.05) is 7.05 Å². The lowest BCUT2D eigenvalue weighted by atomic mass is 9.89. The maximum atomic E-state index is 11.7. The van der Waals surface area contributed by atoms with Gasteiger partial charge in [0, 0.05) is 25.2 Å². The van der Waals surface area contributed by atoms with E-state index in [1.54, 1.807) is 4.90 Å². The number of fused-ring (bicyclic) bond motifs is 1. The van der Waals surface area contributed by atoms with Crippen LogP contribution in [-0.4, -0.2) is 13.0 Å². The molecule has 0 bridgehead atoms. The highest BCUT2D eigenvalue weighted by molar-refractivity contribution is 5.95.